The molecule has 1 N–H and O–H groups in total. The molecule has 1 nitrogen and oxygen atoms in total. The van der Waals surface area contributed by atoms with Crippen LogP contribution in [0.4, 0.5) is 0 Å². The average Bonchev–Trinajstić information content (AvgIpc) is 2.55. The van der Waals surface area contributed by atoms with E-state index in [0.29, 0.717) is 0 Å². The van der Waals surface area contributed by atoms with E-state index in [0.717, 1.165) is 41.7 Å². The molecule has 0 amide bonds. The Kier molecular flexibility index (Phi) is 1.96. The molecule has 1 saturated heterocycles. The van der Waals surface area contributed by atoms with Crippen molar-refractivity contribution in [2.75, 3.05) is 0 Å². The minimum absolute atomic E-state index is 0.768. The molecular weight excluding hydrogens is 170 g/mol. The molecular formula is C13H23N. The van der Waals surface area contributed by atoms with Crippen molar-refractivity contribution in [3.8, 4) is 0 Å². The largest absolute Gasteiger partial charge is 0.311 e. The Labute approximate surface area is 87.7 Å². The molecule has 80 valence electrons. The third-order valence-electron chi connectivity index (χ3n) is 5.33. The van der Waals surface area contributed by atoms with E-state index in [1.165, 1.54) is 6.42 Å². The van der Waals surface area contributed by atoms with Crippen LogP contribution in [0.15, 0.2) is 0 Å². The molecule has 0 aromatic rings. The minimum atomic E-state index is 0.768. The SMILES string of the molecule is CC1CC(C2CC3C(C)C3C2)[C@@H](C)N1. The summed E-state index contributed by atoms with van der Waals surface area (Å²) in [6.45, 7) is 7.18. The van der Waals surface area contributed by atoms with Gasteiger partial charge in [0.05, 0.1) is 0 Å². The highest BCUT2D eigenvalue weighted by Gasteiger charge is 2.55. The molecule has 3 fully saturated rings. The molecule has 1 heteroatoms. The van der Waals surface area contributed by atoms with Gasteiger partial charge in [-0.3, -0.25) is 0 Å². The maximum Gasteiger partial charge on any atom is 0.00727 e. The first-order valence-corrected chi connectivity index (χ1v) is 6.43. The van der Waals surface area contributed by atoms with Crippen molar-refractivity contribution in [2.45, 2.75) is 52.1 Å². The van der Waals surface area contributed by atoms with E-state index in [2.05, 4.69) is 26.1 Å². The van der Waals surface area contributed by atoms with E-state index < -0.39 is 0 Å². The predicted molar refractivity (Wildman–Crippen MR) is 59.0 cm³/mol. The number of hydrogen-bond donors (Lipinski definition) is 1. The Hall–Kier alpha value is -0.0400. The first kappa shape index (κ1) is 9.21. The highest BCUT2D eigenvalue weighted by Crippen LogP contribution is 2.61. The molecule has 1 aliphatic heterocycles. The molecule has 0 aromatic carbocycles. The average molecular weight is 193 g/mol. The summed E-state index contributed by atoms with van der Waals surface area (Å²) >= 11 is 0. The number of nitrogens with one attached hydrogen (secondary N) is 1. The maximum atomic E-state index is 3.68. The lowest BCUT2D eigenvalue weighted by atomic mass is 9.82. The predicted octanol–water partition coefficient (Wildman–Crippen LogP) is 2.67. The molecule has 0 bridgehead atoms. The van der Waals surface area contributed by atoms with Gasteiger partial charge in [0.1, 0.15) is 0 Å². The molecule has 2 aliphatic carbocycles. The highest BCUT2D eigenvalue weighted by molar-refractivity contribution is 5.05. The van der Waals surface area contributed by atoms with Crippen LogP contribution in [0.5, 0.6) is 0 Å². The second-order valence-electron chi connectivity index (χ2n) is 6.17. The molecule has 1 heterocycles. The van der Waals surface area contributed by atoms with Crippen LogP contribution < -0.4 is 5.32 Å². The van der Waals surface area contributed by atoms with Gasteiger partial charge in [0, 0.05) is 12.1 Å². The fourth-order valence-electron chi connectivity index (χ4n) is 4.41. The van der Waals surface area contributed by atoms with Crippen LogP contribution in [0, 0.1) is 29.6 Å². The highest BCUT2D eigenvalue weighted by atomic mass is 15.0. The van der Waals surface area contributed by atoms with Crippen LogP contribution in [-0.4, -0.2) is 12.1 Å². The number of hydrogen-bond acceptors (Lipinski definition) is 1. The summed E-state index contributed by atoms with van der Waals surface area (Å²) in [4.78, 5) is 0. The molecule has 3 aliphatic rings. The van der Waals surface area contributed by atoms with Crippen LogP contribution >= 0.6 is 0 Å². The smallest absolute Gasteiger partial charge is 0.00727 e. The van der Waals surface area contributed by atoms with E-state index in [9.17, 15) is 0 Å². The van der Waals surface area contributed by atoms with Crippen molar-refractivity contribution < 1.29 is 0 Å². The lowest BCUT2D eigenvalue weighted by Crippen LogP contribution is -2.29. The fraction of sp³-hybridized carbons (Fsp3) is 1.00. The van der Waals surface area contributed by atoms with E-state index >= 15 is 0 Å². The first-order valence-electron chi connectivity index (χ1n) is 6.43. The summed E-state index contributed by atoms with van der Waals surface area (Å²) in [7, 11) is 0. The van der Waals surface area contributed by atoms with Crippen molar-refractivity contribution in [1.29, 1.82) is 0 Å². The second-order valence-corrected chi connectivity index (χ2v) is 6.17. The molecule has 2 saturated carbocycles. The van der Waals surface area contributed by atoms with E-state index in [-0.39, 0.29) is 0 Å². The van der Waals surface area contributed by atoms with E-state index in [4.69, 9.17) is 0 Å². The Morgan fingerprint density at radius 1 is 0.857 bits per heavy atom. The zero-order valence-electron chi connectivity index (χ0n) is 9.66. The van der Waals surface area contributed by atoms with Crippen molar-refractivity contribution in [3.63, 3.8) is 0 Å². The Balaban J connectivity index is 1.62. The van der Waals surface area contributed by atoms with Gasteiger partial charge < -0.3 is 5.32 Å². The molecule has 0 radical (unpaired) electrons. The summed E-state index contributed by atoms with van der Waals surface area (Å²) in [6, 6.07) is 1.55. The second kappa shape index (κ2) is 2.98. The topological polar surface area (TPSA) is 12.0 Å². The zero-order chi connectivity index (χ0) is 9.87. The molecule has 0 aromatic heterocycles. The molecule has 3 rings (SSSR count). The lowest BCUT2D eigenvalue weighted by molar-refractivity contribution is 0.282. The van der Waals surface area contributed by atoms with Crippen LogP contribution in [0.1, 0.15) is 40.0 Å². The monoisotopic (exact) mass is 193 g/mol. The fourth-order valence-corrected chi connectivity index (χ4v) is 4.41. The van der Waals surface area contributed by atoms with Gasteiger partial charge in [0.15, 0.2) is 0 Å². The summed E-state index contributed by atoms with van der Waals surface area (Å²) < 4.78 is 0. The molecule has 4 unspecified atom stereocenters. The quantitative estimate of drug-likeness (QED) is 0.675. The normalized spacial score (nSPS) is 61.5. The Morgan fingerprint density at radius 3 is 2.00 bits per heavy atom. The summed E-state index contributed by atoms with van der Waals surface area (Å²) in [5.41, 5.74) is 0. The molecule has 0 spiro atoms. The van der Waals surface area contributed by atoms with Gasteiger partial charge in [0.2, 0.25) is 0 Å². The van der Waals surface area contributed by atoms with Gasteiger partial charge in [0.25, 0.3) is 0 Å². The Morgan fingerprint density at radius 2 is 1.50 bits per heavy atom. The third kappa shape index (κ3) is 1.25. The number of rotatable bonds is 1. The maximum absolute atomic E-state index is 3.68. The van der Waals surface area contributed by atoms with Crippen LogP contribution in [0.25, 0.3) is 0 Å². The minimum Gasteiger partial charge on any atom is -0.311 e. The van der Waals surface area contributed by atoms with Gasteiger partial charge in [-0.05, 0) is 62.7 Å². The van der Waals surface area contributed by atoms with Gasteiger partial charge in [-0.1, -0.05) is 6.92 Å². The van der Waals surface area contributed by atoms with Gasteiger partial charge >= 0.3 is 0 Å². The van der Waals surface area contributed by atoms with E-state index in [1.807, 2.05) is 0 Å². The third-order valence-corrected chi connectivity index (χ3v) is 5.33. The summed E-state index contributed by atoms with van der Waals surface area (Å²) in [5.74, 6) is 5.39. The number of fused-ring (bicyclic) bond motifs is 1. The summed E-state index contributed by atoms with van der Waals surface area (Å²) in [5, 5.41) is 3.68. The lowest BCUT2D eigenvalue weighted by Gasteiger charge is -2.24. The standard InChI is InChI=1S/C13H23N/c1-7-4-13(9(3)14-7)10-5-11-8(2)12(11)6-10/h7-14H,4-6H2,1-3H3/t7?,8?,9-,10?,11?,12?,13?/m1/s1. The van der Waals surface area contributed by atoms with Gasteiger partial charge in [-0.25, -0.2) is 0 Å². The van der Waals surface area contributed by atoms with Crippen LogP contribution in [-0.2, 0) is 0 Å². The molecule has 14 heavy (non-hydrogen) atoms. The van der Waals surface area contributed by atoms with Crippen LogP contribution in [0.3, 0.4) is 0 Å². The van der Waals surface area contributed by atoms with Gasteiger partial charge in [-0.2, -0.15) is 0 Å². The molecule has 5 atom stereocenters. The van der Waals surface area contributed by atoms with Crippen molar-refractivity contribution >= 4 is 0 Å². The summed E-state index contributed by atoms with van der Waals surface area (Å²) in [6.07, 6.45) is 4.53. The van der Waals surface area contributed by atoms with Crippen molar-refractivity contribution in [1.82, 2.24) is 5.32 Å². The zero-order valence-corrected chi connectivity index (χ0v) is 9.66. The van der Waals surface area contributed by atoms with Crippen molar-refractivity contribution in [2.24, 2.45) is 29.6 Å². The van der Waals surface area contributed by atoms with E-state index in [1.54, 1.807) is 12.8 Å². The Bertz CT molecular complexity index is 225. The van der Waals surface area contributed by atoms with Crippen molar-refractivity contribution in [3.05, 3.63) is 0 Å². The van der Waals surface area contributed by atoms with Crippen LogP contribution in [0.2, 0.25) is 0 Å². The van der Waals surface area contributed by atoms with Gasteiger partial charge in [-0.15, -0.1) is 0 Å². The first-order chi connectivity index (χ1) is 6.66.